The number of carbonyl (C=O) groups is 1. The first kappa shape index (κ1) is 13.1. The molecule has 0 saturated heterocycles. The van der Waals surface area contributed by atoms with Crippen LogP contribution in [0.4, 0.5) is 4.39 Å². The van der Waals surface area contributed by atoms with E-state index < -0.39 is 12.1 Å². The molecule has 3 nitrogen and oxygen atoms in total. The van der Waals surface area contributed by atoms with Crippen LogP contribution >= 0.6 is 0 Å². The molecule has 0 bridgehead atoms. The molecule has 0 amide bonds. The van der Waals surface area contributed by atoms with Crippen LogP contribution in [0.3, 0.4) is 0 Å². The lowest BCUT2D eigenvalue weighted by molar-refractivity contribution is 0.0338. The molecule has 0 aliphatic heterocycles. The van der Waals surface area contributed by atoms with Gasteiger partial charge in [0.15, 0.2) is 0 Å². The molecule has 1 atom stereocenters. The number of rotatable bonds is 3. The van der Waals surface area contributed by atoms with Gasteiger partial charge in [-0.15, -0.1) is 0 Å². The number of benzene rings is 2. The molecule has 0 radical (unpaired) electrons. The normalized spacial score (nSPS) is 11.9. The predicted molar refractivity (Wildman–Crippen MR) is 68.3 cm³/mol. The van der Waals surface area contributed by atoms with Crippen LogP contribution in [-0.2, 0) is 4.74 Å². The minimum atomic E-state index is -0.489. The number of phenolic OH excluding ortho intramolecular Hbond substituents is 1. The molecule has 4 heteroatoms. The van der Waals surface area contributed by atoms with Crippen molar-refractivity contribution in [2.45, 2.75) is 13.0 Å². The molecule has 0 aliphatic carbocycles. The highest BCUT2D eigenvalue weighted by Gasteiger charge is 2.13. The maximum atomic E-state index is 12.8. The van der Waals surface area contributed by atoms with Crippen LogP contribution in [0.1, 0.15) is 28.9 Å². The van der Waals surface area contributed by atoms with E-state index in [1.165, 1.54) is 36.4 Å². The van der Waals surface area contributed by atoms with E-state index in [2.05, 4.69) is 0 Å². The monoisotopic (exact) mass is 260 g/mol. The van der Waals surface area contributed by atoms with Crippen molar-refractivity contribution in [1.29, 1.82) is 0 Å². The Morgan fingerprint density at radius 2 is 1.68 bits per heavy atom. The molecule has 1 N–H and O–H groups in total. The maximum Gasteiger partial charge on any atom is 0.338 e. The van der Waals surface area contributed by atoms with Crippen LogP contribution in [0, 0.1) is 5.82 Å². The van der Waals surface area contributed by atoms with Crippen LogP contribution in [-0.4, -0.2) is 11.1 Å². The zero-order valence-electron chi connectivity index (χ0n) is 10.3. The lowest BCUT2D eigenvalue weighted by Gasteiger charge is -2.13. The van der Waals surface area contributed by atoms with Crippen molar-refractivity contribution < 1.29 is 19.0 Å². The van der Waals surface area contributed by atoms with E-state index in [1.54, 1.807) is 19.1 Å². The lowest BCUT2D eigenvalue weighted by atomic mass is 10.1. The minimum absolute atomic E-state index is 0.0862. The first-order valence-electron chi connectivity index (χ1n) is 5.82. The lowest BCUT2D eigenvalue weighted by Crippen LogP contribution is -2.09. The SMILES string of the molecule is CC(OC(=O)c1ccc(O)cc1)c1ccc(F)cc1. The van der Waals surface area contributed by atoms with E-state index in [1.807, 2.05) is 0 Å². The Kier molecular flexibility index (Phi) is 3.80. The number of ether oxygens (including phenoxy) is 1. The predicted octanol–water partition coefficient (Wildman–Crippen LogP) is 3.45. The van der Waals surface area contributed by atoms with Gasteiger partial charge in [-0.1, -0.05) is 12.1 Å². The van der Waals surface area contributed by atoms with Gasteiger partial charge in [0.2, 0.25) is 0 Å². The largest absolute Gasteiger partial charge is 0.508 e. The summed E-state index contributed by atoms with van der Waals surface area (Å²) in [4.78, 5) is 11.8. The molecule has 0 spiro atoms. The molecule has 2 rings (SSSR count). The number of halogens is 1. The molecule has 98 valence electrons. The van der Waals surface area contributed by atoms with Gasteiger partial charge in [0, 0.05) is 0 Å². The molecular formula is C15H13FO3. The smallest absolute Gasteiger partial charge is 0.338 e. The summed E-state index contributed by atoms with van der Waals surface area (Å²) in [6, 6.07) is 11.6. The van der Waals surface area contributed by atoms with Gasteiger partial charge in [-0.05, 0) is 48.9 Å². The Labute approximate surface area is 110 Å². The number of hydrogen-bond acceptors (Lipinski definition) is 3. The molecule has 0 aromatic heterocycles. The van der Waals surface area contributed by atoms with Crippen molar-refractivity contribution in [3.8, 4) is 5.75 Å². The molecule has 0 saturated carbocycles. The summed E-state index contributed by atoms with van der Waals surface area (Å²) in [7, 11) is 0. The fourth-order valence-corrected chi connectivity index (χ4v) is 1.63. The summed E-state index contributed by atoms with van der Waals surface area (Å²) in [5.74, 6) is -0.735. The number of hydrogen-bond donors (Lipinski definition) is 1. The van der Waals surface area contributed by atoms with Gasteiger partial charge in [0.05, 0.1) is 5.56 Å². The van der Waals surface area contributed by atoms with Gasteiger partial charge in [0.1, 0.15) is 17.7 Å². The van der Waals surface area contributed by atoms with E-state index in [9.17, 15) is 9.18 Å². The second kappa shape index (κ2) is 5.52. The van der Waals surface area contributed by atoms with Gasteiger partial charge < -0.3 is 9.84 Å². The van der Waals surface area contributed by atoms with Gasteiger partial charge in [-0.25, -0.2) is 9.18 Å². The van der Waals surface area contributed by atoms with Gasteiger partial charge in [-0.3, -0.25) is 0 Å². The summed E-state index contributed by atoms with van der Waals surface area (Å²) in [6.45, 7) is 1.71. The Balaban J connectivity index is 2.06. The van der Waals surface area contributed by atoms with Crippen molar-refractivity contribution in [1.82, 2.24) is 0 Å². The highest BCUT2D eigenvalue weighted by Crippen LogP contribution is 2.19. The number of carbonyl (C=O) groups excluding carboxylic acids is 1. The zero-order valence-corrected chi connectivity index (χ0v) is 10.3. The van der Waals surface area contributed by atoms with Crippen molar-refractivity contribution in [2.75, 3.05) is 0 Å². The van der Waals surface area contributed by atoms with E-state index in [4.69, 9.17) is 9.84 Å². The minimum Gasteiger partial charge on any atom is -0.508 e. The molecular weight excluding hydrogens is 247 g/mol. The van der Waals surface area contributed by atoms with Crippen LogP contribution < -0.4 is 0 Å². The number of aromatic hydroxyl groups is 1. The molecule has 19 heavy (non-hydrogen) atoms. The highest BCUT2D eigenvalue weighted by molar-refractivity contribution is 5.89. The summed E-state index contributed by atoms with van der Waals surface area (Å²) >= 11 is 0. The first-order chi connectivity index (χ1) is 9.06. The third kappa shape index (κ3) is 3.31. The Morgan fingerprint density at radius 3 is 2.26 bits per heavy atom. The molecule has 0 aliphatic rings. The standard InChI is InChI=1S/C15H13FO3/c1-10(11-2-6-13(16)7-3-11)19-15(18)12-4-8-14(17)9-5-12/h2-10,17H,1H3. The van der Waals surface area contributed by atoms with Gasteiger partial charge in [-0.2, -0.15) is 0 Å². The van der Waals surface area contributed by atoms with Crippen molar-refractivity contribution in [3.63, 3.8) is 0 Å². The molecule has 2 aromatic rings. The average molecular weight is 260 g/mol. The second-order valence-electron chi connectivity index (χ2n) is 4.15. The van der Waals surface area contributed by atoms with Gasteiger partial charge >= 0.3 is 5.97 Å². The number of phenols is 1. The van der Waals surface area contributed by atoms with Crippen LogP contribution in [0.5, 0.6) is 5.75 Å². The second-order valence-corrected chi connectivity index (χ2v) is 4.15. The average Bonchev–Trinajstić information content (AvgIpc) is 2.40. The summed E-state index contributed by atoms with van der Waals surface area (Å²) in [6.07, 6.45) is -0.470. The topological polar surface area (TPSA) is 46.5 Å². The Bertz CT molecular complexity index is 561. The molecule has 1 unspecified atom stereocenters. The summed E-state index contributed by atoms with van der Waals surface area (Å²) < 4.78 is 18.0. The van der Waals surface area contributed by atoms with Crippen LogP contribution in [0.15, 0.2) is 48.5 Å². The quantitative estimate of drug-likeness (QED) is 0.860. The first-order valence-corrected chi connectivity index (χ1v) is 5.82. The van der Waals surface area contributed by atoms with Gasteiger partial charge in [0.25, 0.3) is 0 Å². The molecule has 0 heterocycles. The van der Waals surface area contributed by atoms with Crippen LogP contribution in [0.2, 0.25) is 0 Å². The van der Waals surface area contributed by atoms with Crippen LogP contribution in [0.25, 0.3) is 0 Å². The van der Waals surface area contributed by atoms with E-state index in [0.29, 0.717) is 11.1 Å². The third-order valence-corrected chi connectivity index (χ3v) is 2.73. The molecule has 2 aromatic carbocycles. The van der Waals surface area contributed by atoms with Crippen molar-refractivity contribution in [2.24, 2.45) is 0 Å². The summed E-state index contributed by atoms with van der Waals surface area (Å²) in [5, 5.41) is 9.14. The van der Waals surface area contributed by atoms with Crippen molar-refractivity contribution in [3.05, 3.63) is 65.5 Å². The fourth-order valence-electron chi connectivity index (χ4n) is 1.63. The third-order valence-electron chi connectivity index (χ3n) is 2.73. The summed E-state index contributed by atoms with van der Waals surface area (Å²) in [5.41, 5.74) is 1.07. The maximum absolute atomic E-state index is 12.8. The van der Waals surface area contributed by atoms with E-state index in [0.717, 1.165) is 0 Å². The van der Waals surface area contributed by atoms with E-state index in [-0.39, 0.29) is 11.6 Å². The highest BCUT2D eigenvalue weighted by atomic mass is 19.1. The van der Waals surface area contributed by atoms with Crippen molar-refractivity contribution >= 4 is 5.97 Å². The number of esters is 1. The zero-order chi connectivity index (χ0) is 13.8. The van der Waals surface area contributed by atoms with E-state index >= 15 is 0 Å². The Hall–Kier alpha value is -2.36. The molecule has 0 fully saturated rings. The fraction of sp³-hybridized carbons (Fsp3) is 0.133. The Morgan fingerprint density at radius 1 is 1.11 bits per heavy atom.